The zero-order valence-electron chi connectivity index (χ0n) is 13.2. The van der Waals surface area contributed by atoms with E-state index < -0.39 is 0 Å². The van der Waals surface area contributed by atoms with Crippen molar-refractivity contribution in [2.24, 2.45) is 0 Å². The van der Waals surface area contributed by atoms with Crippen LogP contribution in [0.4, 0.5) is 0 Å². The van der Waals surface area contributed by atoms with Crippen LogP contribution < -0.4 is 4.48 Å². The number of aromatic nitrogens is 5. The van der Waals surface area contributed by atoms with E-state index in [1.807, 2.05) is 10.6 Å². The first-order chi connectivity index (χ1) is 12.6. The summed E-state index contributed by atoms with van der Waals surface area (Å²) in [5, 5.41) is 11.0. The summed E-state index contributed by atoms with van der Waals surface area (Å²) >= 11 is 16.7. The van der Waals surface area contributed by atoms with Crippen molar-refractivity contribution in [2.75, 3.05) is 6.61 Å². The van der Waals surface area contributed by atoms with Crippen molar-refractivity contribution in [1.29, 1.82) is 0 Å². The minimum absolute atomic E-state index is 0.104. The number of hydrogen-bond donors (Lipinski definition) is 1. The molecule has 0 fully saturated rings. The van der Waals surface area contributed by atoms with Crippen LogP contribution in [0, 0.1) is 0 Å². The molecule has 1 N–H and O–H groups in total. The fraction of sp³-hybridized carbons (Fsp3) is 0.200. The van der Waals surface area contributed by atoms with Crippen LogP contribution in [0.2, 0.25) is 10.0 Å². The van der Waals surface area contributed by atoms with E-state index in [-0.39, 0.29) is 6.61 Å². The number of rotatable bonds is 5. The van der Waals surface area contributed by atoms with Crippen molar-refractivity contribution in [3.63, 3.8) is 0 Å². The monoisotopic (exact) mass is 487 g/mol. The van der Waals surface area contributed by atoms with Gasteiger partial charge in [-0.2, -0.15) is 0 Å². The van der Waals surface area contributed by atoms with Gasteiger partial charge in [0.1, 0.15) is 0 Å². The molecule has 1 unspecified atom stereocenters. The summed E-state index contributed by atoms with van der Waals surface area (Å²) in [6, 6.07) is 3.61. The second-order valence-electron chi connectivity index (χ2n) is 5.35. The Balaban J connectivity index is 1.79. The molecule has 0 amide bonds. The SMILES string of the molecule is OCCCn1c(Sc2nc3ccc(Cl)c(Cl)c3s2)nc2c([AsH2])ncnc21. The standard InChI is InChI=1S/C15H12AsCl2N5OS2/c16-12-10-13(20-6-19-12)23(4-1-5-24)14(22-10)26-15-21-8-3-2-7(17)9(18)11(8)25-15/h2-3,6,24H,1,4-5,16H2. The van der Waals surface area contributed by atoms with Crippen LogP contribution >= 0.6 is 46.3 Å². The molecule has 4 rings (SSSR count). The van der Waals surface area contributed by atoms with Crippen molar-refractivity contribution < 1.29 is 5.11 Å². The van der Waals surface area contributed by atoms with Gasteiger partial charge in [0.2, 0.25) is 0 Å². The Labute approximate surface area is 175 Å². The fourth-order valence-corrected chi connectivity index (χ4v) is 5.62. The first-order valence-electron chi connectivity index (χ1n) is 7.58. The Kier molecular flexibility index (Phi) is 5.41. The summed E-state index contributed by atoms with van der Waals surface area (Å²) in [6.07, 6.45) is 2.17. The molecule has 0 bridgehead atoms. The van der Waals surface area contributed by atoms with Crippen LogP contribution in [0.25, 0.3) is 21.4 Å². The molecule has 0 saturated carbocycles. The summed E-state index contributed by atoms with van der Waals surface area (Å²) < 4.78 is 4.56. The molecule has 4 aromatic rings. The average Bonchev–Trinajstić information content (AvgIpc) is 3.19. The predicted octanol–water partition coefficient (Wildman–Crippen LogP) is 2.53. The zero-order chi connectivity index (χ0) is 18.3. The third-order valence-corrected chi connectivity index (χ3v) is 7.62. The number of imidazole rings is 1. The molecule has 26 heavy (non-hydrogen) atoms. The third kappa shape index (κ3) is 3.35. The second-order valence-corrected chi connectivity index (χ2v) is 9.49. The van der Waals surface area contributed by atoms with Gasteiger partial charge in [-0.15, -0.1) is 0 Å². The number of halogens is 2. The molecule has 3 aromatic heterocycles. The molecule has 0 saturated heterocycles. The summed E-state index contributed by atoms with van der Waals surface area (Å²) in [6.45, 7) is 0.725. The maximum atomic E-state index is 9.22. The van der Waals surface area contributed by atoms with Gasteiger partial charge < -0.3 is 0 Å². The molecule has 6 nitrogen and oxygen atoms in total. The van der Waals surface area contributed by atoms with Crippen LogP contribution in [0.15, 0.2) is 28.0 Å². The summed E-state index contributed by atoms with van der Waals surface area (Å²) in [5.41, 5.74) is 2.37. The quantitative estimate of drug-likeness (QED) is 0.436. The Morgan fingerprint density at radius 3 is 2.88 bits per heavy atom. The average molecular weight is 488 g/mol. The molecule has 0 aliphatic heterocycles. The number of aryl methyl sites for hydroxylation is 1. The van der Waals surface area contributed by atoms with Gasteiger partial charge in [0.25, 0.3) is 0 Å². The molecule has 1 atom stereocenters. The van der Waals surface area contributed by atoms with E-state index in [1.165, 1.54) is 40.0 Å². The van der Waals surface area contributed by atoms with Crippen LogP contribution in [0.5, 0.6) is 0 Å². The molecule has 0 aliphatic rings. The van der Waals surface area contributed by atoms with E-state index in [4.69, 9.17) is 28.2 Å². The Morgan fingerprint density at radius 2 is 2.08 bits per heavy atom. The normalized spacial score (nSPS) is 11.7. The van der Waals surface area contributed by atoms with E-state index >= 15 is 0 Å². The molecular weight excluding hydrogens is 476 g/mol. The number of aliphatic hydroxyl groups is 1. The van der Waals surface area contributed by atoms with E-state index in [0.717, 1.165) is 35.4 Å². The van der Waals surface area contributed by atoms with Gasteiger partial charge in [0.15, 0.2) is 0 Å². The van der Waals surface area contributed by atoms with Crippen LogP contribution in [0.1, 0.15) is 6.42 Å². The Morgan fingerprint density at radius 1 is 1.23 bits per heavy atom. The van der Waals surface area contributed by atoms with E-state index in [0.29, 0.717) is 23.0 Å². The van der Waals surface area contributed by atoms with Crippen LogP contribution in [0.3, 0.4) is 0 Å². The van der Waals surface area contributed by atoms with Gasteiger partial charge in [-0.25, -0.2) is 0 Å². The topological polar surface area (TPSA) is 76.7 Å². The first-order valence-corrected chi connectivity index (χ1v) is 11.2. The van der Waals surface area contributed by atoms with Gasteiger partial charge >= 0.3 is 176 Å². The number of hydrogen-bond acceptors (Lipinski definition) is 7. The molecule has 0 radical (unpaired) electrons. The summed E-state index contributed by atoms with van der Waals surface area (Å²) in [4.78, 5) is 18.0. The Bertz CT molecular complexity index is 1120. The van der Waals surface area contributed by atoms with Gasteiger partial charge in [-0.1, -0.05) is 0 Å². The third-order valence-electron chi connectivity index (χ3n) is 3.67. The van der Waals surface area contributed by atoms with Gasteiger partial charge in [-0.05, 0) is 0 Å². The first kappa shape index (κ1) is 18.5. The number of nitrogens with zero attached hydrogens (tertiary/aromatic N) is 5. The molecular formula is C15H12AsCl2N5OS2. The van der Waals surface area contributed by atoms with Crippen molar-refractivity contribution in [2.45, 2.75) is 22.5 Å². The molecule has 11 heteroatoms. The molecule has 0 spiro atoms. The van der Waals surface area contributed by atoms with Crippen LogP contribution in [-0.2, 0) is 6.54 Å². The number of aliphatic hydroxyl groups excluding tert-OH is 1. The minimum atomic E-state index is 0.104. The van der Waals surface area contributed by atoms with Gasteiger partial charge in [-0.3, -0.25) is 0 Å². The van der Waals surface area contributed by atoms with Gasteiger partial charge in [0, 0.05) is 0 Å². The maximum absolute atomic E-state index is 9.22. The van der Waals surface area contributed by atoms with Crippen LogP contribution in [-0.4, -0.2) is 53.1 Å². The molecule has 3 heterocycles. The zero-order valence-corrected chi connectivity index (χ0v) is 18.8. The fourth-order valence-electron chi connectivity index (χ4n) is 2.48. The summed E-state index contributed by atoms with van der Waals surface area (Å²) in [7, 11) is 0. The number of fused-ring (bicyclic) bond motifs is 2. The predicted molar refractivity (Wildman–Crippen MR) is 109 cm³/mol. The second kappa shape index (κ2) is 7.62. The summed E-state index contributed by atoms with van der Waals surface area (Å²) in [5.74, 6) is 0. The van der Waals surface area contributed by atoms with Gasteiger partial charge in [0.05, 0.1) is 0 Å². The number of thiazole rings is 1. The Hall–Kier alpha value is -0.892. The number of benzene rings is 1. The van der Waals surface area contributed by atoms with Crippen molar-refractivity contribution >= 4 is 89.0 Å². The van der Waals surface area contributed by atoms with E-state index in [1.54, 1.807) is 12.4 Å². The van der Waals surface area contributed by atoms with Crippen molar-refractivity contribution in [1.82, 2.24) is 24.5 Å². The molecule has 0 aliphatic carbocycles. The molecule has 1 aromatic carbocycles. The van der Waals surface area contributed by atoms with E-state index in [9.17, 15) is 5.11 Å². The van der Waals surface area contributed by atoms with Crippen molar-refractivity contribution in [3.05, 3.63) is 28.5 Å². The van der Waals surface area contributed by atoms with E-state index in [2.05, 4.69) is 15.0 Å². The molecule has 134 valence electrons. The van der Waals surface area contributed by atoms with Crippen molar-refractivity contribution in [3.8, 4) is 0 Å².